The van der Waals surface area contributed by atoms with Crippen LogP contribution in [0, 0.1) is 0 Å². The fourth-order valence-electron chi connectivity index (χ4n) is 1.86. The summed E-state index contributed by atoms with van der Waals surface area (Å²) in [6.07, 6.45) is 3.21. The molecule has 0 radical (unpaired) electrons. The van der Waals surface area contributed by atoms with E-state index in [0.29, 0.717) is 30.2 Å². The van der Waals surface area contributed by atoms with Crippen molar-refractivity contribution in [1.82, 2.24) is 9.97 Å². The fourth-order valence-corrected chi connectivity index (χ4v) is 1.86. The Morgan fingerprint density at radius 2 is 2.19 bits per heavy atom. The summed E-state index contributed by atoms with van der Waals surface area (Å²) in [6.45, 7) is 2.64. The Morgan fingerprint density at radius 3 is 2.86 bits per heavy atom. The number of aromatic nitrogens is 2. The molecule has 0 fully saturated rings. The van der Waals surface area contributed by atoms with Crippen molar-refractivity contribution >= 4 is 17.5 Å². The van der Waals surface area contributed by atoms with Gasteiger partial charge in [-0.3, -0.25) is 4.98 Å². The van der Waals surface area contributed by atoms with Gasteiger partial charge in [-0.2, -0.15) is 0 Å². The Balaban J connectivity index is 2.20. The van der Waals surface area contributed by atoms with Crippen molar-refractivity contribution in [2.24, 2.45) is 0 Å². The highest BCUT2D eigenvalue weighted by atomic mass is 16.5. The van der Waals surface area contributed by atoms with E-state index in [0.717, 1.165) is 5.69 Å². The van der Waals surface area contributed by atoms with Crippen molar-refractivity contribution in [3.05, 3.63) is 47.9 Å². The molecule has 0 saturated heterocycles. The van der Waals surface area contributed by atoms with Crippen molar-refractivity contribution in [3.63, 3.8) is 0 Å². The molecule has 6 nitrogen and oxygen atoms in total. The molecule has 0 aliphatic heterocycles. The molecule has 110 valence electrons. The number of hydrogen-bond acceptors (Lipinski definition) is 6. The van der Waals surface area contributed by atoms with E-state index in [9.17, 15) is 4.79 Å². The molecule has 2 rings (SSSR count). The molecule has 0 amide bonds. The van der Waals surface area contributed by atoms with Crippen LogP contribution in [-0.4, -0.2) is 29.6 Å². The van der Waals surface area contributed by atoms with Gasteiger partial charge in [-0.15, -0.1) is 0 Å². The zero-order valence-corrected chi connectivity index (χ0v) is 12.1. The first-order chi connectivity index (χ1) is 10.1. The van der Waals surface area contributed by atoms with Crippen molar-refractivity contribution in [3.8, 4) is 0 Å². The number of hydrogen-bond donors (Lipinski definition) is 1. The minimum absolute atomic E-state index is 0.305. The quantitative estimate of drug-likeness (QED) is 0.845. The Hall–Kier alpha value is -2.63. The first-order valence-corrected chi connectivity index (χ1v) is 6.65. The lowest BCUT2D eigenvalue weighted by molar-refractivity contribution is 0.0527. The van der Waals surface area contributed by atoms with Crippen LogP contribution in [0.4, 0.5) is 11.5 Å². The molecule has 0 atom stereocenters. The zero-order chi connectivity index (χ0) is 15.2. The molecule has 6 heteroatoms. The molecule has 0 saturated carbocycles. The molecular weight excluding hydrogens is 268 g/mol. The van der Waals surface area contributed by atoms with E-state index < -0.39 is 5.97 Å². The van der Waals surface area contributed by atoms with Gasteiger partial charge in [-0.05, 0) is 25.1 Å². The number of carbonyl (C=O) groups is 1. The minimum Gasteiger partial charge on any atom is -0.462 e. The van der Waals surface area contributed by atoms with Crippen LogP contribution in [0.2, 0.25) is 0 Å². The van der Waals surface area contributed by atoms with E-state index in [-0.39, 0.29) is 0 Å². The van der Waals surface area contributed by atoms with Gasteiger partial charge in [0.05, 0.1) is 36.3 Å². The highest BCUT2D eigenvalue weighted by Crippen LogP contribution is 2.19. The normalized spacial score (nSPS) is 10.2. The van der Waals surface area contributed by atoms with Gasteiger partial charge < -0.3 is 15.4 Å². The number of carbonyl (C=O) groups excluding carboxylic acids is 1. The van der Waals surface area contributed by atoms with Crippen molar-refractivity contribution in [2.75, 3.05) is 24.3 Å². The third-order valence-corrected chi connectivity index (χ3v) is 2.93. The Bertz CT molecular complexity index is 616. The monoisotopic (exact) mass is 286 g/mol. The summed E-state index contributed by atoms with van der Waals surface area (Å²) in [7, 11) is 1.88. The SMILES string of the molecule is CCOC(=O)c1cc(N(C)Cc2ccccn2)ncc1N. The number of nitrogens with zero attached hydrogens (tertiary/aromatic N) is 3. The number of ether oxygens (including phenoxy) is 1. The standard InChI is InChI=1S/C15H18N4O2/c1-3-21-15(20)12-8-14(18-9-13(12)16)19(2)10-11-6-4-5-7-17-11/h4-9H,3,10,16H2,1-2H3. The van der Waals surface area contributed by atoms with E-state index >= 15 is 0 Å². The molecule has 21 heavy (non-hydrogen) atoms. The predicted octanol–water partition coefficient (Wildman–Crippen LogP) is 1.87. The maximum Gasteiger partial charge on any atom is 0.340 e. The second kappa shape index (κ2) is 6.69. The molecule has 0 bridgehead atoms. The summed E-state index contributed by atoms with van der Waals surface area (Å²) in [6, 6.07) is 7.36. The van der Waals surface area contributed by atoms with Gasteiger partial charge in [0, 0.05) is 13.2 Å². The third-order valence-electron chi connectivity index (χ3n) is 2.93. The number of pyridine rings is 2. The summed E-state index contributed by atoms with van der Waals surface area (Å²) in [5.41, 5.74) is 7.33. The van der Waals surface area contributed by atoms with E-state index in [1.54, 1.807) is 19.2 Å². The van der Waals surface area contributed by atoms with Crippen molar-refractivity contribution in [2.45, 2.75) is 13.5 Å². The molecule has 0 aromatic carbocycles. The van der Waals surface area contributed by atoms with Gasteiger partial charge in [0.15, 0.2) is 0 Å². The first-order valence-electron chi connectivity index (χ1n) is 6.65. The highest BCUT2D eigenvalue weighted by Gasteiger charge is 2.14. The molecule has 0 aliphatic rings. The predicted molar refractivity (Wildman–Crippen MR) is 80.9 cm³/mol. The zero-order valence-electron chi connectivity index (χ0n) is 12.1. The van der Waals surface area contributed by atoms with Crippen molar-refractivity contribution < 1.29 is 9.53 Å². The molecule has 2 heterocycles. The number of anilines is 2. The maximum atomic E-state index is 11.8. The van der Waals surface area contributed by atoms with Crippen LogP contribution in [0.1, 0.15) is 23.0 Å². The number of esters is 1. The van der Waals surface area contributed by atoms with Crippen LogP contribution in [-0.2, 0) is 11.3 Å². The van der Waals surface area contributed by atoms with Gasteiger partial charge >= 0.3 is 5.97 Å². The van der Waals surface area contributed by atoms with E-state index in [4.69, 9.17) is 10.5 Å². The first kappa shape index (κ1) is 14.8. The average Bonchev–Trinajstić information content (AvgIpc) is 2.48. The smallest absolute Gasteiger partial charge is 0.340 e. The van der Waals surface area contributed by atoms with Crippen molar-refractivity contribution in [1.29, 1.82) is 0 Å². The van der Waals surface area contributed by atoms with Gasteiger partial charge in [-0.1, -0.05) is 6.07 Å². The van der Waals surface area contributed by atoms with E-state index in [1.165, 1.54) is 6.20 Å². The lowest BCUT2D eigenvalue weighted by Crippen LogP contribution is -2.19. The number of nitrogen functional groups attached to an aromatic ring is 1. The fraction of sp³-hybridized carbons (Fsp3) is 0.267. The lowest BCUT2D eigenvalue weighted by atomic mass is 10.2. The lowest BCUT2D eigenvalue weighted by Gasteiger charge is -2.18. The van der Waals surface area contributed by atoms with Crippen LogP contribution in [0.15, 0.2) is 36.7 Å². The summed E-state index contributed by atoms with van der Waals surface area (Å²) in [4.78, 5) is 22.2. The van der Waals surface area contributed by atoms with Crippen LogP contribution in [0.5, 0.6) is 0 Å². The van der Waals surface area contributed by atoms with Crippen LogP contribution >= 0.6 is 0 Å². The second-order valence-corrected chi connectivity index (χ2v) is 4.53. The number of rotatable bonds is 5. The Morgan fingerprint density at radius 1 is 1.38 bits per heavy atom. The minimum atomic E-state index is -0.440. The molecule has 0 aliphatic carbocycles. The summed E-state index contributed by atoms with van der Waals surface area (Å²) in [5.74, 6) is 0.197. The maximum absolute atomic E-state index is 11.8. The van der Waals surface area contributed by atoms with Crippen LogP contribution in [0.25, 0.3) is 0 Å². The van der Waals surface area contributed by atoms with Crippen LogP contribution in [0.3, 0.4) is 0 Å². The second-order valence-electron chi connectivity index (χ2n) is 4.53. The van der Waals surface area contributed by atoms with Gasteiger partial charge in [0.2, 0.25) is 0 Å². The van der Waals surface area contributed by atoms with Gasteiger partial charge in [0.25, 0.3) is 0 Å². The van der Waals surface area contributed by atoms with Gasteiger partial charge in [0.1, 0.15) is 5.82 Å². The largest absolute Gasteiger partial charge is 0.462 e. The Kier molecular flexibility index (Phi) is 4.71. The average molecular weight is 286 g/mol. The summed E-state index contributed by atoms with van der Waals surface area (Å²) < 4.78 is 4.98. The van der Waals surface area contributed by atoms with E-state index in [2.05, 4.69) is 9.97 Å². The third kappa shape index (κ3) is 3.68. The summed E-state index contributed by atoms with van der Waals surface area (Å²) >= 11 is 0. The Labute approximate surface area is 123 Å². The molecule has 0 spiro atoms. The molecule has 0 unspecified atom stereocenters. The number of nitrogens with two attached hydrogens (primary N) is 1. The van der Waals surface area contributed by atoms with Gasteiger partial charge in [-0.25, -0.2) is 9.78 Å². The van der Waals surface area contributed by atoms with Crippen LogP contribution < -0.4 is 10.6 Å². The highest BCUT2D eigenvalue weighted by molar-refractivity contribution is 5.95. The molecular formula is C15H18N4O2. The molecule has 2 aromatic rings. The summed E-state index contributed by atoms with van der Waals surface area (Å²) in [5, 5.41) is 0. The molecule has 2 aromatic heterocycles. The molecule has 2 N–H and O–H groups in total. The topological polar surface area (TPSA) is 81.3 Å². The van der Waals surface area contributed by atoms with E-state index in [1.807, 2.05) is 30.1 Å².